The number of fused-ring (bicyclic) bond motifs is 2. The van der Waals surface area contributed by atoms with Crippen LogP contribution in [0.5, 0.6) is 23.1 Å². The average Bonchev–Trinajstić information content (AvgIpc) is 3.30. The minimum atomic E-state index is -0.722. The van der Waals surface area contributed by atoms with Gasteiger partial charge in [0.25, 0.3) is 5.56 Å². The van der Waals surface area contributed by atoms with E-state index >= 15 is 0 Å². The fourth-order valence-electron chi connectivity index (χ4n) is 4.69. The lowest BCUT2D eigenvalue weighted by atomic mass is 9.91. The van der Waals surface area contributed by atoms with Crippen molar-refractivity contribution in [1.29, 1.82) is 0 Å². The zero-order chi connectivity index (χ0) is 24.7. The largest absolute Gasteiger partial charge is 0.493 e. The molecule has 10 heteroatoms. The second-order valence-corrected chi connectivity index (χ2v) is 8.58. The SMILES string of the molecule is COc1c2c(cc3c1C(CN=Cc1c(O)n(-c4ccccc4C)c(=O)[nH]c1=O)N(C)CC3)OCO2. The number of nitrogens with one attached hydrogen (secondary N) is 1. The molecule has 0 radical (unpaired) electrons. The molecule has 35 heavy (non-hydrogen) atoms. The first-order valence-electron chi connectivity index (χ1n) is 11.2. The summed E-state index contributed by atoms with van der Waals surface area (Å²) >= 11 is 0. The Morgan fingerprint density at radius 3 is 2.86 bits per heavy atom. The number of aliphatic imine (C=N–C) groups is 1. The first-order chi connectivity index (χ1) is 16.9. The van der Waals surface area contributed by atoms with E-state index in [1.807, 2.05) is 32.2 Å². The van der Waals surface area contributed by atoms with E-state index in [0.717, 1.165) is 34.2 Å². The fourth-order valence-corrected chi connectivity index (χ4v) is 4.69. The average molecular weight is 479 g/mol. The highest BCUT2D eigenvalue weighted by Crippen LogP contribution is 2.49. The third kappa shape index (κ3) is 3.85. The number of aromatic amines is 1. The Balaban J connectivity index is 1.52. The highest BCUT2D eigenvalue weighted by atomic mass is 16.7. The van der Waals surface area contributed by atoms with Gasteiger partial charge in [0.15, 0.2) is 11.5 Å². The molecule has 3 aromatic rings. The molecule has 0 saturated carbocycles. The maximum absolute atomic E-state index is 12.5. The molecule has 0 fully saturated rings. The van der Waals surface area contributed by atoms with Crippen LogP contribution in [-0.4, -0.2) is 59.8 Å². The molecule has 2 aromatic carbocycles. The zero-order valence-electron chi connectivity index (χ0n) is 19.7. The molecular weight excluding hydrogens is 452 g/mol. The lowest BCUT2D eigenvalue weighted by Crippen LogP contribution is -2.34. The predicted octanol–water partition coefficient (Wildman–Crippen LogP) is 1.93. The van der Waals surface area contributed by atoms with Crippen LogP contribution in [0.25, 0.3) is 5.69 Å². The number of nitrogens with zero attached hydrogens (tertiary/aromatic N) is 3. The number of rotatable bonds is 5. The number of H-pyrrole nitrogens is 1. The summed E-state index contributed by atoms with van der Waals surface area (Å²) in [6.45, 7) is 3.06. The van der Waals surface area contributed by atoms with E-state index in [0.29, 0.717) is 29.5 Å². The van der Waals surface area contributed by atoms with Gasteiger partial charge >= 0.3 is 5.69 Å². The topological polar surface area (TPSA) is 118 Å². The van der Waals surface area contributed by atoms with E-state index in [4.69, 9.17) is 14.2 Å². The molecule has 2 aliphatic heterocycles. The van der Waals surface area contributed by atoms with Crippen molar-refractivity contribution in [3.05, 3.63) is 73.4 Å². The lowest BCUT2D eigenvalue weighted by Gasteiger charge is -2.35. The molecule has 2 N–H and O–H groups in total. The summed E-state index contributed by atoms with van der Waals surface area (Å²) < 4.78 is 18.0. The summed E-state index contributed by atoms with van der Waals surface area (Å²) in [5.41, 5.74) is 1.78. The molecule has 0 amide bonds. The van der Waals surface area contributed by atoms with Gasteiger partial charge in [-0.05, 0) is 43.7 Å². The molecule has 1 unspecified atom stereocenters. The number of hydrogen-bond donors (Lipinski definition) is 2. The number of methoxy groups -OCH3 is 1. The molecule has 182 valence electrons. The van der Waals surface area contributed by atoms with Gasteiger partial charge in [0.1, 0.15) is 5.56 Å². The van der Waals surface area contributed by atoms with Crippen LogP contribution >= 0.6 is 0 Å². The molecule has 0 spiro atoms. The van der Waals surface area contributed by atoms with E-state index in [2.05, 4.69) is 14.9 Å². The predicted molar refractivity (Wildman–Crippen MR) is 130 cm³/mol. The third-order valence-electron chi connectivity index (χ3n) is 6.52. The lowest BCUT2D eigenvalue weighted by molar-refractivity contribution is 0.170. The summed E-state index contributed by atoms with van der Waals surface area (Å²) in [7, 11) is 3.59. The second-order valence-electron chi connectivity index (χ2n) is 8.58. The molecule has 2 aliphatic rings. The molecule has 5 rings (SSSR count). The van der Waals surface area contributed by atoms with Crippen molar-refractivity contribution in [2.75, 3.05) is 34.0 Å². The van der Waals surface area contributed by atoms with Crippen molar-refractivity contribution < 1.29 is 19.3 Å². The van der Waals surface area contributed by atoms with E-state index in [9.17, 15) is 14.7 Å². The molecule has 1 aromatic heterocycles. The van der Waals surface area contributed by atoms with Crippen LogP contribution in [0.15, 0.2) is 44.9 Å². The summed E-state index contributed by atoms with van der Waals surface area (Å²) in [6.07, 6.45) is 2.13. The van der Waals surface area contributed by atoms with E-state index < -0.39 is 17.1 Å². The number of aryl methyl sites for hydroxylation is 1. The number of para-hydroxylation sites is 1. The number of benzene rings is 2. The van der Waals surface area contributed by atoms with Crippen molar-refractivity contribution in [2.45, 2.75) is 19.4 Å². The van der Waals surface area contributed by atoms with Crippen LogP contribution in [0.1, 0.15) is 28.3 Å². The van der Waals surface area contributed by atoms with Crippen molar-refractivity contribution in [1.82, 2.24) is 14.5 Å². The first kappa shape index (κ1) is 22.7. The first-order valence-corrected chi connectivity index (χ1v) is 11.2. The van der Waals surface area contributed by atoms with Gasteiger partial charge < -0.3 is 19.3 Å². The summed E-state index contributed by atoms with van der Waals surface area (Å²) in [5, 5.41) is 10.9. The molecule has 1 atom stereocenters. The van der Waals surface area contributed by atoms with Gasteiger partial charge in [0.2, 0.25) is 18.4 Å². The van der Waals surface area contributed by atoms with Crippen LogP contribution in [0.2, 0.25) is 0 Å². The van der Waals surface area contributed by atoms with Crippen LogP contribution in [0, 0.1) is 6.92 Å². The minimum Gasteiger partial charge on any atom is -0.493 e. The summed E-state index contributed by atoms with van der Waals surface area (Å²) in [4.78, 5) is 33.9. The second kappa shape index (κ2) is 8.95. The summed E-state index contributed by atoms with van der Waals surface area (Å²) in [6, 6.07) is 8.92. The van der Waals surface area contributed by atoms with E-state index in [1.165, 1.54) is 6.21 Å². The molecular formula is C25H26N4O6. The van der Waals surface area contributed by atoms with Crippen LogP contribution in [-0.2, 0) is 6.42 Å². The van der Waals surface area contributed by atoms with Crippen LogP contribution in [0.3, 0.4) is 0 Å². The monoisotopic (exact) mass is 478 g/mol. The fraction of sp³-hybridized carbons (Fsp3) is 0.320. The third-order valence-corrected chi connectivity index (χ3v) is 6.52. The Bertz CT molecular complexity index is 1440. The number of likely N-dealkylation sites (N-methyl/N-ethyl adjacent to an activating group) is 1. The zero-order valence-corrected chi connectivity index (χ0v) is 19.7. The molecule has 10 nitrogen and oxygen atoms in total. The van der Waals surface area contributed by atoms with Gasteiger partial charge in [-0.25, -0.2) is 9.36 Å². The normalized spacial score (nSPS) is 17.1. The molecule has 0 aliphatic carbocycles. The highest BCUT2D eigenvalue weighted by molar-refractivity contribution is 5.82. The Labute approximate surface area is 201 Å². The Hall–Kier alpha value is -4.05. The van der Waals surface area contributed by atoms with Gasteiger partial charge in [-0.3, -0.25) is 19.7 Å². The van der Waals surface area contributed by atoms with Gasteiger partial charge in [-0.2, -0.15) is 0 Å². The van der Waals surface area contributed by atoms with Crippen molar-refractivity contribution >= 4 is 6.21 Å². The van der Waals surface area contributed by atoms with Crippen molar-refractivity contribution in [3.8, 4) is 28.8 Å². The van der Waals surface area contributed by atoms with Crippen molar-refractivity contribution in [2.24, 2.45) is 4.99 Å². The van der Waals surface area contributed by atoms with Gasteiger partial charge in [0, 0.05) is 18.3 Å². The van der Waals surface area contributed by atoms with E-state index in [1.54, 1.807) is 19.2 Å². The smallest absolute Gasteiger partial charge is 0.335 e. The maximum Gasteiger partial charge on any atom is 0.335 e. The quantitative estimate of drug-likeness (QED) is 0.538. The number of aromatic hydroxyl groups is 1. The van der Waals surface area contributed by atoms with Crippen LogP contribution in [0.4, 0.5) is 0 Å². The van der Waals surface area contributed by atoms with E-state index in [-0.39, 0.29) is 18.4 Å². The Kier molecular flexibility index (Phi) is 5.81. The Morgan fingerprint density at radius 1 is 1.29 bits per heavy atom. The summed E-state index contributed by atoms with van der Waals surface area (Å²) in [5.74, 6) is 1.41. The number of aromatic nitrogens is 2. The highest BCUT2D eigenvalue weighted by Gasteiger charge is 2.33. The standard InChI is InChI=1S/C25H26N4O6/c1-14-6-4-5-7-17(14)29-24(31)16(23(30)27-25(29)32)11-26-12-18-20-15(8-9-28(18)2)10-19-21(22(20)33-3)35-13-34-19/h4-7,10-11,18,31H,8-9,12-13H2,1-3H3,(H,27,30,32). The maximum atomic E-state index is 12.5. The minimum absolute atomic E-state index is 0.0933. The Morgan fingerprint density at radius 2 is 2.09 bits per heavy atom. The van der Waals surface area contributed by atoms with Crippen LogP contribution < -0.4 is 25.5 Å². The molecule has 3 heterocycles. The molecule has 0 saturated heterocycles. The van der Waals surface area contributed by atoms with Crippen molar-refractivity contribution in [3.63, 3.8) is 0 Å². The number of hydrogen-bond acceptors (Lipinski definition) is 8. The molecule has 0 bridgehead atoms. The van der Waals surface area contributed by atoms with Gasteiger partial charge in [-0.1, -0.05) is 18.2 Å². The van der Waals surface area contributed by atoms with Gasteiger partial charge in [0.05, 0.1) is 25.4 Å². The van der Waals surface area contributed by atoms with Gasteiger partial charge in [-0.15, -0.1) is 0 Å². The number of ether oxygens (including phenoxy) is 3.